The van der Waals surface area contributed by atoms with Gasteiger partial charge < -0.3 is 0 Å². The van der Waals surface area contributed by atoms with E-state index in [0.717, 1.165) is 18.4 Å². The number of thiocarbonyl (C=S) groups is 1. The van der Waals surface area contributed by atoms with E-state index in [9.17, 15) is 8.78 Å². The number of nitrogens with zero attached hydrogens (tertiary/aromatic N) is 1. The van der Waals surface area contributed by atoms with Crippen molar-refractivity contribution in [3.63, 3.8) is 0 Å². The van der Waals surface area contributed by atoms with Gasteiger partial charge >= 0.3 is 0 Å². The van der Waals surface area contributed by atoms with Crippen LogP contribution in [0.5, 0.6) is 0 Å². The monoisotopic (exact) mass is 413 g/mol. The van der Waals surface area contributed by atoms with Crippen LogP contribution in [0.4, 0.5) is 14.5 Å². The molecule has 0 saturated carbocycles. The highest BCUT2D eigenvalue weighted by molar-refractivity contribution is 7.78. The molecule has 3 rings (SSSR count). The summed E-state index contributed by atoms with van der Waals surface area (Å²) >= 11 is 4.54. The minimum absolute atomic E-state index is 0.260. The van der Waals surface area contributed by atoms with E-state index >= 15 is 0 Å². The van der Waals surface area contributed by atoms with Gasteiger partial charge in [-0.05, 0) is 72.7 Å². The van der Waals surface area contributed by atoms with Crippen LogP contribution in [-0.2, 0) is 6.42 Å². The Kier molecular flexibility index (Phi) is 7.25. The maximum atomic E-state index is 14.4. The molecule has 3 aromatic carbocycles. The van der Waals surface area contributed by atoms with Gasteiger partial charge in [-0.3, -0.25) is 0 Å². The van der Waals surface area contributed by atoms with Gasteiger partial charge in [-0.1, -0.05) is 49.2 Å². The lowest BCUT2D eigenvalue weighted by Gasteiger charge is -2.00. The Hall–Kier alpha value is -3.56. The van der Waals surface area contributed by atoms with Crippen LogP contribution in [0.15, 0.2) is 65.7 Å². The summed E-state index contributed by atoms with van der Waals surface area (Å²) in [6.45, 7) is 2.12. The topological polar surface area (TPSA) is 12.4 Å². The van der Waals surface area contributed by atoms with E-state index in [0.29, 0.717) is 11.3 Å². The molecular formula is C26H17F2NS. The Bertz CT molecular complexity index is 1190. The summed E-state index contributed by atoms with van der Waals surface area (Å²) in [5.41, 5.74) is 3.24. The summed E-state index contributed by atoms with van der Waals surface area (Å²) in [5.74, 6) is 9.56. The standard InChI is InChI=1S/C26H17F2NS/c1-2-3-19-4-6-20(7-5-19)8-9-22-16-25(27)24(26(28)17-22)15-12-21-10-13-23(14-11-21)29-18-30/h4-7,10-11,13-14,16-17H,2-3H2,1H3. The maximum absolute atomic E-state index is 14.4. The van der Waals surface area contributed by atoms with Crippen LogP contribution in [0.1, 0.15) is 41.2 Å². The van der Waals surface area contributed by atoms with Crippen molar-refractivity contribution in [3.8, 4) is 23.7 Å². The largest absolute Gasteiger partial charge is 0.205 e. The fourth-order valence-corrected chi connectivity index (χ4v) is 2.86. The molecular weight excluding hydrogens is 396 g/mol. The fraction of sp³-hybridized carbons (Fsp3) is 0.115. The zero-order valence-corrected chi connectivity index (χ0v) is 17.1. The quantitative estimate of drug-likeness (QED) is 0.273. The molecule has 0 aliphatic carbocycles. The summed E-state index contributed by atoms with van der Waals surface area (Å²) in [7, 11) is 0. The molecule has 0 amide bonds. The van der Waals surface area contributed by atoms with Crippen molar-refractivity contribution in [1.29, 1.82) is 0 Å². The number of isothiocyanates is 1. The summed E-state index contributed by atoms with van der Waals surface area (Å²) in [4.78, 5) is 3.84. The number of rotatable bonds is 3. The van der Waals surface area contributed by atoms with Gasteiger partial charge in [-0.2, -0.15) is 4.99 Å². The Balaban J connectivity index is 1.80. The Labute approximate surface area is 180 Å². The first-order valence-corrected chi connectivity index (χ1v) is 9.80. The fourth-order valence-electron chi connectivity index (χ4n) is 2.76. The van der Waals surface area contributed by atoms with Crippen molar-refractivity contribution < 1.29 is 8.78 Å². The minimum atomic E-state index is -0.743. The van der Waals surface area contributed by atoms with Crippen LogP contribution < -0.4 is 0 Å². The number of aliphatic imine (C=N–C) groups is 1. The van der Waals surface area contributed by atoms with Gasteiger partial charge in [0.05, 0.1) is 16.4 Å². The highest BCUT2D eigenvalue weighted by Gasteiger charge is 2.08. The van der Waals surface area contributed by atoms with Gasteiger partial charge in [-0.15, -0.1) is 0 Å². The van der Waals surface area contributed by atoms with Crippen molar-refractivity contribution in [2.45, 2.75) is 19.8 Å². The van der Waals surface area contributed by atoms with Gasteiger partial charge in [0.1, 0.15) is 11.6 Å². The molecule has 3 aromatic rings. The average molecular weight is 413 g/mol. The van der Waals surface area contributed by atoms with E-state index in [4.69, 9.17) is 0 Å². The van der Waals surface area contributed by atoms with E-state index in [1.54, 1.807) is 24.3 Å². The van der Waals surface area contributed by atoms with Crippen LogP contribution in [0.3, 0.4) is 0 Å². The average Bonchev–Trinajstić information content (AvgIpc) is 2.74. The van der Waals surface area contributed by atoms with Crippen LogP contribution >= 0.6 is 12.2 Å². The third kappa shape index (κ3) is 5.72. The van der Waals surface area contributed by atoms with E-state index in [1.165, 1.54) is 17.7 Å². The predicted octanol–water partition coefficient (Wildman–Crippen LogP) is 6.45. The zero-order valence-electron chi connectivity index (χ0n) is 16.3. The van der Waals surface area contributed by atoms with Gasteiger partial charge in [0.2, 0.25) is 0 Å². The lowest BCUT2D eigenvalue weighted by molar-refractivity contribution is 0.577. The van der Waals surface area contributed by atoms with Crippen molar-refractivity contribution >= 4 is 23.1 Å². The molecule has 0 spiro atoms. The second-order valence-electron chi connectivity index (χ2n) is 6.51. The van der Waals surface area contributed by atoms with E-state index in [-0.39, 0.29) is 11.1 Å². The summed E-state index contributed by atoms with van der Waals surface area (Å²) in [6.07, 6.45) is 2.09. The van der Waals surface area contributed by atoms with Crippen molar-refractivity contribution in [2.24, 2.45) is 4.99 Å². The second kappa shape index (κ2) is 10.3. The van der Waals surface area contributed by atoms with Gasteiger partial charge in [0.15, 0.2) is 0 Å². The van der Waals surface area contributed by atoms with Crippen LogP contribution in [-0.4, -0.2) is 5.16 Å². The molecule has 146 valence electrons. The molecule has 0 aromatic heterocycles. The number of benzene rings is 3. The summed E-state index contributed by atoms with van der Waals surface area (Å²) < 4.78 is 28.8. The predicted molar refractivity (Wildman–Crippen MR) is 120 cm³/mol. The van der Waals surface area contributed by atoms with Gasteiger partial charge in [0, 0.05) is 16.7 Å². The summed E-state index contributed by atoms with van der Waals surface area (Å²) in [5, 5.41) is 2.27. The molecule has 30 heavy (non-hydrogen) atoms. The van der Waals surface area contributed by atoms with Crippen LogP contribution in [0, 0.1) is 35.3 Å². The number of hydrogen-bond donors (Lipinski definition) is 0. The van der Waals surface area contributed by atoms with Crippen molar-refractivity contribution in [3.05, 3.63) is 100 Å². The second-order valence-corrected chi connectivity index (χ2v) is 6.69. The molecule has 4 heteroatoms. The molecule has 0 bridgehead atoms. The van der Waals surface area contributed by atoms with Crippen molar-refractivity contribution in [1.82, 2.24) is 0 Å². The highest BCUT2D eigenvalue weighted by Crippen LogP contribution is 2.16. The first kappa shape index (κ1) is 21.2. The summed E-state index contributed by atoms with van der Waals surface area (Å²) in [6, 6.07) is 17.0. The Morgan fingerprint density at radius 1 is 0.767 bits per heavy atom. The molecule has 0 atom stereocenters. The molecule has 0 aliphatic heterocycles. The number of halogens is 2. The van der Waals surface area contributed by atoms with Gasteiger partial charge in [0.25, 0.3) is 0 Å². The lowest BCUT2D eigenvalue weighted by Crippen LogP contribution is -1.92. The van der Waals surface area contributed by atoms with Gasteiger partial charge in [-0.25, -0.2) is 8.78 Å². The SMILES string of the molecule is CCCc1ccc(C#Cc2cc(F)c(C#Cc3ccc(N=C=S)cc3)c(F)c2)cc1. The molecule has 0 unspecified atom stereocenters. The minimum Gasteiger partial charge on any atom is -0.205 e. The third-order valence-corrected chi connectivity index (χ3v) is 4.35. The number of aryl methyl sites for hydroxylation is 1. The Morgan fingerprint density at radius 2 is 1.30 bits per heavy atom. The van der Waals surface area contributed by atoms with E-state index in [1.807, 2.05) is 24.3 Å². The van der Waals surface area contributed by atoms with Crippen molar-refractivity contribution in [2.75, 3.05) is 0 Å². The number of hydrogen-bond acceptors (Lipinski definition) is 2. The maximum Gasteiger partial charge on any atom is 0.143 e. The molecule has 0 N–H and O–H groups in total. The molecule has 0 fully saturated rings. The third-order valence-electron chi connectivity index (χ3n) is 4.26. The lowest BCUT2D eigenvalue weighted by atomic mass is 10.1. The zero-order chi connectivity index (χ0) is 21.3. The van der Waals surface area contributed by atoms with Crippen LogP contribution in [0.2, 0.25) is 0 Å². The normalized spacial score (nSPS) is 9.57. The molecule has 0 saturated heterocycles. The smallest absolute Gasteiger partial charge is 0.143 e. The molecule has 0 heterocycles. The highest BCUT2D eigenvalue weighted by atomic mass is 32.1. The molecule has 1 nitrogen and oxygen atoms in total. The van der Waals surface area contributed by atoms with E-state index < -0.39 is 11.6 Å². The molecule has 0 aliphatic rings. The first-order chi connectivity index (χ1) is 14.6. The van der Waals surface area contributed by atoms with Crippen LogP contribution in [0.25, 0.3) is 0 Å². The molecule has 0 radical (unpaired) electrons. The Morgan fingerprint density at radius 3 is 1.87 bits per heavy atom. The van der Waals surface area contributed by atoms with E-state index in [2.05, 4.69) is 53.0 Å². The first-order valence-electron chi connectivity index (χ1n) is 9.39.